The third kappa shape index (κ3) is 4.28. The van der Waals surface area contributed by atoms with Gasteiger partial charge in [-0.15, -0.1) is 10.2 Å². The molecule has 24 heavy (non-hydrogen) atoms. The van der Waals surface area contributed by atoms with Gasteiger partial charge in [-0.05, 0) is 31.6 Å². The zero-order valence-electron chi connectivity index (χ0n) is 14.2. The van der Waals surface area contributed by atoms with Gasteiger partial charge in [0, 0.05) is 19.0 Å². The molecule has 0 bridgehead atoms. The minimum atomic E-state index is -0.393. The second-order valence-corrected chi connectivity index (χ2v) is 7.80. The summed E-state index contributed by atoms with van der Waals surface area (Å²) in [7, 11) is 1.92. The second-order valence-electron chi connectivity index (χ2n) is 6.85. The molecule has 3 rings (SSSR count). The average molecular weight is 351 g/mol. The quantitative estimate of drug-likeness (QED) is 0.794. The third-order valence-electron chi connectivity index (χ3n) is 4.82. The lowest BCUT2D eigenvalue weighted by molar-refractivity contribution is -0.117. The van der Waals surface area contributed by atoms with Gasteiger partial charge in [0.2, 0.25) is 5.91 Å². The number of carbonyl (C=O) groups is 2. The highest BCUT2D eigenvalue weighted by Crippen LogP contribution is 2.39. The first-order valence-corrected chi connectivity index (χ1v) is 9.65. The molecule has 2 fully saturated rings. The van der Waals surface area contributed by atoms with Gasteiger partial charge in [0.05, 0.1) is 5.75 Å². The molecular formula is C16H25N5O2S. The van der Waals surface area contributed by atoms with Gasteiger partial charge in [-0.2, -0.15) is 0 Å². The van der Waals surface area contributed by atoms with E-state index in [2.05, 4.69) is 27.8 Å². The third-order valence-corrected chi connectivity index (χ3v) is 5.84. The Morgan fingerprint density at radius 1 is 1.21 bits per heavy atom. The summed E-state index contributed by atoms with van der Waals surface area (Å²) in [6.07, 6.45) is 6.80. The van der Waals surface area contributed by atoms with Gasteiger partial charge < -0.3 is 9.88 Å². The summed E-state index contributed by atoms with van der Waals surface area (Å²) >= 11 is 1.31. The molecule has 1 aromatic heterocycles. The smallest absolute Gasteiger partial charge is 0.321 e. The zero-order valence-corrected chi connectivity index (χ0v) is 15.1. The molecule has 1 aromatic rings. The van der Waals surface area contributed by atoms with E-state index in [1.807, 2.05) is 11.6 Å². The fraction of sp³-hybridized carbons (Fsp3) is 0.750. The van der Waals surface area contributed by atoms with E-state index in [0.717, 1.165) is 37.9 Å². The van der Waals surface area contributed by atoms with E-state index in [1.54, 1.807) is 0 Å². The van der Waals surface area contributed by atoms with Crippen LogP contribution in [0.15, 0.2) is 5.16 Å². The first kappa shape index (κ1) is 17.3. The minimum Gasteiger partial charge on any atom is -0.335 e. The maximum Gasteiger partial charge on any atom is 0.321 e. The standard InChI is InChI=1S/C16H25N5O2S/c1-10-5-3-4-6-12(10)17-15(23)18-13(22)9-24-16-20-19-14(21(16)2)11-7-8-11/h10-12H,3-9H2,1-2H3,(H2,17,18,22,23)/t10-,12-/m0/s1. The number of hydrogen-bond acceptors (Lipinski definition) is 5. The van der Waals surface area contributed by atoms with E-state index in [9.17, 15) is 9.59 Å². The number of thioether (sulfide) groups is 1. The number of urea groups is 1. The lowest BCUT2D eigenvalue weighted by Gasteiger charge is -2.29. The molecule has 2 N–H and O–H groups in total. The average Bonchev–Trinajstić information content (AvgIpc) is 3.31. The number of nitrogens with one attached hydrogen (secondary N) is 2. The molecule has 0 unspecified atom stereocenters. The molecule has 8 heteroatoms. The number of hydrogen-bond donors (Lipinski definition) is 2. The largest absolute Gasteiger partial charge is 0.335 e. The van der Waals surface area contributed by atoms with Crippen LogP contribution in [0.4, 0.5) is 4.79 Å². The number of aromatic nitrogens is 3. The van der Waals surface area contributed by atoms with Gasteiger partial charge >= 0.3 is 6.03 Å². The van der Waals surface area contributed by atoms with Crippen LogP contribution in [0.1, 0.15) is 57.2 Å². The van der Waals surface area contributed by atoms with Crippen molar-refractivity contribution in [1.82, 2.24) is 25.4 Å². The molecule has 0 saturated heterocycles. The van der Waals surface area contributed by atoms with Gasteiger partial charge in [-0.3, -0.25) is 10.1 Å². The summed E-state index contributed by atoms with van der Waals surface area (Å²) in [5, 5.41) is 14.4. The Balaban J connectivity index is 1.42. The van der Waals surface area contributed by atoms with E-state index in [1.165, 1.54) is 18.2 Å². The summed E-state index contributed by atoms with van der Waals surface area (Å²) < 4.78 is 1.94. The zero-order chi connectivity index (χ0) is 17.1. The van der Waals surface area contributed by atoms with Gasteiger partial charge in [0.1, 0.15) is 5.82 Å². The summed E-state index contributed by atoms with van der Waals surface area (Å²) in [5.41, 5.74) is 0. The lowest BCUT2D eigenvalue weighted by Crippen LogP contribution is -2.48. The van der Waals surface area contributed by atoms with Crippen molar-refractivity contribution in [1.29, 1.82) is 0 Å². The molecule has 2 aliphatic rings. The monoisotopic (exact) mass is 351 g/mol. The highest BCUT2D eigenvalue weighted by molar-refractivity contribution is 7.99. The van der Waals surface area contributed by atoms with E-state index in [-0.39, 0.29) is 17.7 Å². The van der Waals surface area contributed by atoms with Crippen LogP contribution in [0.2, 0.25) is 0 Å². The summed E-state index contributed by atoms with van der Waals surface area (Å²) in [4.78, 5) is 23.9. The molecule has 1 heterocycles. The van der Waals surface area contributed by atoms with E-state index in [0.29, 0.717) is 17.0 Å². The van der Waals surface area contributed by atoms with Crippen LogP contribution in [-0.4, -0.2) is 38.5 Å². The predicted octanol–water partition coefficient (Wildman–Crippen LogP) is 2.19. The topological polar surface area (TPSA) is 88.9 Å². The van der Waals surface area contributed by atoms with E-state index < -0.39 is 6.03 Å². The van der Waals surface area contributed by atoms with Crippen molar-refractivity contribution in [2.75, 3.05) is 5.75 Å². The highest BCUT2D eigenvalue weighted by atomic mass is 32.2. The van der Waals surface area contributed by atoms with Crippen molar-refractivity contribution in [2.45, 2.75) is 62.6 Å². The van der Waals surface area contributed by atoms with Crippen molar-refractivity contribution in [3.05, 3.63) is 5.82 Å². The Hall–Kier alpha value is -1.57. The van der Waals surface area contributed by atoms with Crippen molar-refractivity contribution in [2.24, 2.45) is 13.0 Å². The van der Waals surface area contributed by atoms with Gasteiger partial charge in [0.25, 0.3) is 0 Å². The van der Waals surface area contributed by atoms with Crippen LogP contribution in [0, 0.1) is 5.92 Å². The summed E-state index contributed by atoms with van der Waals surface area (Å²) in [6, 6.07) is -0.227. The molecule has 2 atom stereocenters. The Morgan fingerprint density at radius 3 is 2.67 bits per heavy atom. The fourth-order valence-corrected chi connectivity index (χ4v) is 3.89. The van der Waals surface area contributed by atoms with Crippen LogP contribution in [-0.2, 0) is 11.8 Å². The molecule has 132 valence electrons. The van der Waals surface area contributed by atoms with Crippen LogP contribution < -0.4 is 10.6 Å². The molecule has 0 radical (unpaired) electrons. The van der Waals surface area contributed by atoms with Crippen LogP contribution in [0.5, 0.6) is 0 Å². The Kier molecular flexibility index (Phi) is 5.43. The van der Waals surface area contributed by atoms with Crippen molar-refractivity contribution in [3.63, 3.8) is 0 Å². The van der Waals surface area contributed by atoms with Crippen LogP contribution in [0.3, 0.4) is 0 Å². The van der Waals surface area contributed by atoms with Gasteiger partial charge in [-0.1, -0.05) is 31.5 Å². The number of amides is 3. The lowest BCUT2D eigenvalue weighted by atomic mass is 9.86. The van der Waals surface area contributed by atoms with E-state index >= 15 is 0 Å². The summed E-state index contributed by atoms with van der Waals surface area (Å²) in [6.45, 7) is 2.15. The van der Waals surface area contributed by atoms with E-state index in [4.69, 9.17) is 0 Å². The molecule has 2 aliphatic carbocycles. The molecule has 0 aliphatic heterocycles. The Bertz CT molecular complexity index is 614. The second kappa shape index (κ2) is 7.55. The van der Waals surface area contributed by atoms with Crippen molar-refractivity contribution in [3.8, 4) is 0 Å². The van der Waals surface area contributed by atoms with Crippen molar-refractivity contribution >= 4 is 23.7 Å². The molecule has 3 amide bonds. The summed E-state index contributed by atoms with van der Waals surface area (Å²) in [5.74, 6) is 1.82. The first-order chi connectivity index (χ1) is 11.5. The Labute approximate surface area is 146 Å². The number of imide groups is 1. The number of nitrogens with zero attached hydrogens (tertiary/aromatic N) is 3. The minimum absolute atomic E-state index is 0.157. The van der Waals surface area contributed by atoms with Gasteiger partial charge in [-0.25, -0.2) is 4.79 Å². The molecule has 0 spiro atoms. The van der Waals surface area contributed by atoms with Gasteiger partial charge in [0.15, 0.2) is 5.16 Å². The van der Waals surface area contributed by atoms with Crippen LogP contribution >= 0.6 is 11.8 Å². The fourth-order valence-electron chi connectivity index (χ4n) is 3.18. The first-order valence-electron chi connectivity index (χ1n) is 8.67. The molecule has 2 saturated carbocycles. The molecule has 7 nitrogen and oxygen atoms in total. The normalized spacial score (nSPS) is 23.8. The Morgan fingerprint density at radius 2 is 1.96 bits per heavy atom. The number of rotatable bonds is 5. The predicted molar refractivity (Wildman–Crippen MR) is 91.8 cm³/mol. The highest BCUT2D eigenvalue weighted by Gasteiger charge is 2.29. The maximum atomic E-state index is 12.0. The molecule has 0 aromatic carbocycles. The SMILES string of the molecule is C[C@H]1CCCC[C@@H]1NC(=O)NC(=O)CSc1nnc(C2CC2)n1C. The number of carbonyl (C=O) groups excluding carboxylic acids is 2. The van der Waals surface area contributed by atoms with Crippen molar-refractivity contribution < 1.29 is 9.59 Å². The molecular weight excluding hydrogens is 326 g/mol. The maximum absolute atomic E-state index is 12.0. The van der Waals surface area contributed by atoms with Crippen LogP contribution in [0.25, 0.3) is 0 Å².